The summed E-state index contributed by atoms with van der Waals surface area (Å²) in [4.78, 5) is 0. The highest BCUT2D eigenvalue weighted by atomic mass is 127. The fraction of sp³-hybridized carbons (Fsp3) is 0.500. The normalized spacial score (nSPS) is 11.4. The molecule has 0 bridgehead atoms. The van der Waals surface area contributed by atoms with Crippen LogP contribution in [0.3, 0.4) is 0 Å². The van der Waals surface area contributed by atoms with Crippen LogP contribution in [0.1, 0.15) is 13.8 Å². The van der Waals surface area contributed by atoms with Crippen LogP contribution in [0, 0.1) is 3.70 Å². The van der Waals surface area contributed by atoms with E-state index in [0.717, 1.165) is 9.52 Å². The molecule has 1 rings (SSSR count). The van der Waals surface area contributed by atoms with Crippen LogP contribution in [0.4, 0.5) is 5.82 Å². The van der Waals surface area contributed by atoms with Gasteiger partial charge in [-0.2, -0.15) is 0 Å². The van der Waals surface area contributed by atoms with Gasteiger partial charge in [-0.25, -0.2) is 0 Å². The van der Waals surface area contributed by atoms with E-state index in [0.29, 0.717) is 6.54 Å². The van der Waals surface area contributed by atoms with Crippen molar-refractivity contribution in [1.29, 1.82) is 0 Å². The SMILES string of the molecule is CC(C)(N)CNc1ccc(I)nn1. The Hall–Kier alpha value is -0.430. The van der Waals surface area contributed by atoms with Crippen LogP contribution in [0.5, 0.6) is 0 Å². The van der Waals surface area contributed by atoms with Crippen molar-refractivity contribution < 1.29 is 0 Å². The van der Waals surface area contributed by atoms with Crippen molar-refractivity contribution >= 4 is 28.4 Å². The Morgan fingerprint density at radius 3 is 2.62 bits per heavy atom. The zero-order valence-corrected chi connectivity index (χ0v) is 9.87. The van der Waals surface area contributed by atoms with E-state index >= 15 is 0 Å². The predicted octanol–water partition coefficient (Wildman–Crippen LogP) is 1.23. The van der Waals surface area contributed by atoms with Gasteiger partial charge in [-0.05, 0) is 48.6 Å². The van der Waals surface area contributed by atoms with Crippen LogP contribution in [0.25, 0.3) is 0 Å². The van der Waals surface area contributed by atoms with E-state index < -0.39 is 0 Å². The first-order valence-electron chi connectivity index (χ1n) is 3.99. The summed E-state index contributed by atoms with van der Waals surface area (Å²) in [7, 11) is 0. The highest BCUT2D eigenvalue weighted by molar-refractivity contribution is 14.1. The van der Waals surface area contributed by atoms with Gasteiger partial charge >= 0.3 is 0 Å². The van der Waals surface area contributed by atoms with Crippen LogP contribution < -0.4 is 11.1 Å². The summed E-state index contributed by atoms with van der Waals surface area (Å²) in [6.07, 6.45) is 0. The number of nitrogens with zero attached hydrogens (tertiary/aromatic N) is 2. The topological polar surface area (TPSA) is 63.8 Å². The minimum atomic E-state index is -0.231. The largest absolute Gasteiger partial charge is 0.367 e. The molecule has 1 aromatic heterocycles. The Morgan fingerprint density at radius 2 is 2.15 bits per heavy atom. The lowest BCUT2D eigenvalue weighted by Gasteiger charge is -2.18. The van der Waals surface area contributed by atoms with Crippen LogP contribution in [-0.4, -0.2) is 22.3 Å². The first-order chi connectivity index (χ1) is 5.97. The Labute approximate surface area is 91.5 Å². The minimum Gasteiger partial charge on any atom is -0.367 e. The molecule has 3 N–H and O–H groups in total. The fourth-order valence-corrected chi connectivity index (χ4v) is 1.02. The van der Waals surface area contributed by atoms with E-state index in [9.17, 15) is 0 Å². The molecule has 0 aliphatic carbocycles. The maximum Gasteiger partial charge on any atom is 0.148 e. The van der Waals surface area contributed by atoms with Gasteiger partial charge in [0, 0.05) is 12.1 Å². The molecule has 0 aliphatic rings. The van der Waals surface area contributed by atoms with Gasteiger partial charge < -0.3 is 11.1 Å². The van der Waals surface area contributed by atoms with E-state index in [-0.39, 0.29) is 5.54 Å². The number of aromatic nitrogens is 2. The molecule has 0 atom stereocenters. The lowest BCUT2D eigenvalue weighted by atomic mass is 10.1. The third kappa shape index (κ3) is 4.37. The molecule has 0 radical (unpaired) electrons. The maximum atomic E-state index is 5.80. The Balaban J connectivity index is 2.51. The average molecular weight is 292 g/mol. The summed E-state index contributed by atoms with van der Waals surface area (Å²) in [5.41, 5.74) is 5.57. The lowest BCUT2D eigenvalue weighted by Crippen LogP contribution is -2.39. The molecule has 0 saturated carbocycles. The monoisotopic (exact) mass is 292 g/mol. The molecule has 0 aromatic carbocycles. The zero-order chi connectivity index (χ0) is 9.90. The van der Waals surface area contributed by atoms with Crippen LogP contribution in [0.2, 0.25) is 0 Å². The van der Waals surface area contributed by atoms with E-state index in [1.165, 1.54) is 0 Å². The van der Waals surface area contributed by atoms with Gasteiger partial charge in [-0.1, -0.05) is 0 Å². The van der Waals surface area contributed by atoms with Crippen LogP contribution >= 0.6 is 22.6 Å². The number of rotatable bonds is 3. The van der Waals surface area contributed by atoms with E-state index in [1.807, 2.05) is 26.0 Å². The van der Waals surface area contributed by atoms with Crippen molar-refractivity contribution in [1.82, 2.24) is 10.2 Å². The van der Waals surface area contributed by atoms with Crippen molar-refractivity contribution in [2.24, 2.45) is 5.73 Å². The van der Waals surface area contributed by atoms with Crippen molar-refractivity contribution in [3.8, 4) is 0 Å². The van der Waals surface area contributed by atoms with E-state index in [2.05, 4.69) is 38.1 Å². The van der Waals surface area contributed by atoms with Crippen molar-refractivity contribution in [2.45, 2.75) is 19.4 Å². The molecule has 1 heterocycles. The average Bonchev–Trinajstić information content (AvgIpc) is 2.02. The molecule has 0 unspecified atom stereocenters. The second-order valence-electron chi connectivity index (χ2n) is 3.58. The fourth-order valence-electron chi connectivity index (χ4n) is 0.729. The number of halogens is 1. The first-order valence-corrected chi connectivity index (χ1v) is 5.07. The molecule has 13 heavy (non-hydrogen) atoms. The molecule has 0 amide bonds. The second-order valence-corrected chi connectivity index (χ2v) is 4.69. The molecule has 0 aliphatic heterocycles. The number of anilines is 1. The summed E-state index contributed by atoms with van der Waals surface area (Å²) in [5.74, 6) is 0.763. The van der Waals surface area contributed by atoms with Crippen LogP contribution in [0.15, 0.2) is 12.1 Å². The molecule has 4 nitrogen and oxygen atoms in total. The summed E-state index contributed by atoms with van der Waals surface area (Å²) in [6, 6.07) is 3.79. The molecule has 5 heteroatoms. The lowest BCUT2D eigenvalue weighted by molar-refractivity contribution is 0.548. The van der Waals surface area contributed by atoms with Gasteiger partial charge in [0.1, 0.15) is 9.52 Å². The van der Waals surface area contributed by atoms with Gasteiger partial charge in [-0.15, -0.1) is 10.2 Å². The standard InChI is InChI=1S/C8H13IN4/c1-8(2,10)5-11-7-4-3-6(9)12-13-7/h3-4H,5,10H2,1-2H3,(H,11,13). The highest BCUT2D eigenvalue weighted by Gasteiger charge is 2.09. The molecule has 72 valence electrons. The number of nitrogens with one attached hydrogen (secondary N) is 1. The van der Waals surface area contributed by atoms with E-state index in [1.54, 1.807) is 0 Å². The summed E-state index contributed by atoms with van der Waals surface area (Å²) < 4.78 is 0.884. The van der Waals surface area contributed by atoms with E-state index in [4.69, 9.17) is 5.73 Å². The highest BCUT2D eigenvalue weighted by Crippen LogP contribution is 2.05. The van der Waals surface area contributed by atoms with Crippen molar-refractivity contribution in [3.05, 3.63) is 15.8 Å². The summed E-state index contributed by atoms with van der Waals surface area (Å²) in [5, 5.41) is 11.0. The number of hydrogen-bond acceptors (Lipinski definition) is 4. The summed E-state index contributed by atoms with van der Waals surface area (Å²) >= 11 is 2.11. The van der Waals surface area contributed by atoms with Crippen molar-refractivity contribution in [2.75, 3.05) is 11.9 Å². The summed E-state index contributed by atoms with van der Waals surface area (Å²) in [6.45, 7) is 4.60. The van der Waals surface area contributed by atoms with Crippen molar-refractivity contribution in [3.63, 3.8) is 0 Å². The third-order valence-corrected chi connectivity index (χ3v) is 1.93. The first kappa shape index (κ1) is 10.6. The number of hydrogen-bond donors (Lipinski definition) is 2. The van der Waals surface area contributed by atoms with Gasteiger partial charge in [0.25, 0.3) is 0 Å². The minimum absolute atomic E-state index is 0.231. The number of nitrogens with two attached hydrogens (primary N) is 1. The molecular weight excluding hydrogens is 279 g/mol. The third-order valence-electron chi connectivity index (χ3n) is 1.36. The quantitative estimate of drug-likeness (QED) is 0.823. The molecule has 1 aromatic rings. The Morgan fingerprint density at radius 1 is 1.46 bits per heavy atom. The Kier molecular flexibility index (Phi) is 3.43. The van der Waals surface area contributed by atoms with Gasteiger partial charge in [0.05, 0.1) is 0 Å². The molecular formula is C8H13IN4. The van der Waals surface area contributed by atoms with Gasteiger partial charge in [-0.3, -0.25) is 0 Å². The zero-order valence-electron chi connectivity index (χ0n) is 7.71. The predicted molar refractivity (Wildman–Crippen MR) is 61.5 cm³/mol. The van der Waals surface area contributed by atoms with Gasteiger partial charge in [0.2, 0.25) is 0 Å². The molecule has 0 fully saturated rings. The smallest absolute Gasteiger partial charge is 0.148 e. The maximum absolute atomic E-state index is 5.80. The molecule has 0 spiro atoms. The second kappa shape index (κ2) is 4.19. The van der Waals surface area contributed by atoms with Crippen LogP contribution in [-0.2, 0) is 0 Å². The Bertz CT molecular complexity index is 264. The van der Waals surface area contributed by atoms with Gasteiger partial charge in [0.15, 0.2) is 0 Å². The molecule has 0 saturated heterocycles.